The lowest BCUT2D eigenvalue weighted by Gasteiger charge is -2.35. The standard InChI is InChI=1S/C15H16Cl2F2N2O3S/c1-14(9-15(14,16)17)13(22)20-4-6-21(7-5-20)25(23,24)10-2-3-11(18)12(19)8-10/h2-3,8H,4-7,9H2,1H3/t14-/m1/s1. The average molecular weight is 413 g/mol. The molecule has 1 aliphatic carbocycles. The van der Waals surface area contributed by atoms with Crippen molar-refractivity contribution in [3.05, 3.63) is 29.8 Å². The second kappa shape index (κ2) is 6.04. The van der Waals surface area contributed by atoms with E-state index in [4.69, 9.17) is 23.2 Å². The van der Waals surface area contributed by atoms with Gasteiger partial charge in [0.25, 0.3) is 0 Å². The van der Waals surface area contributed by atoms with E-state index in [1.54, 1.807) is 6.92 Å². The maximum absolute atomic E-state index is 13.3. The molecule has 0 aromatic heterocycles. The van der Waals surface area contributed by atoms with Crippen molar-refractivity contribution >= 4 is 39.1 Å². The molecule has 1 amide bonds. The summed E-state index contributed by atoms with van der Waals surface area (Å²) in [4.78, 5) is 13.7. The summed E-state index contributed by atoms with van der Waals surface area (Å²) in [5.74, 6) is -2.54. The van der Waals surface area contributed by atoms with Gasteiger partial charge in [0, 0.05) is 26.2 Å². The Hall–Kier alpha value is -0.960. The van der Waals surface area contributed by atoms with Crippen molar-refractivity contribution in [2.45, 2.75) is 22.6 Å². The van der Waals surface area contributed by atoms with E-state index >= 15 is 0 Å². The van der Waals surface area contributed by atoms with Gasteiger partial charge in [0.1, 0.15) is 4.33 Å². The van der Waals surface area contributed by atoms with Gasteiger partial charge in [-0.05, 0) is 31.5 Å². The molecule has 1 saturated carbocycles. The van der Waals surface area contributed by atoms with Crippen LogP contribution < -0.4 is 0 Å². The number of rotatable bonds is 3. The topological polar surface area (TPSA) is 57.7 Å². The number of nitrogens with zero attached hydrogens (tertiary/aromatic N) is 2. The van der Waals surface area contributed by atoms with E-state index in [9.17, 15) is 22.0 Å². The predicted molar refractivity (Wildman–Crippen MR) is 88.9 cm³/mol. The number of amides is 1. The van der Waals surface area contributed by atoms with Crippen LogP contribution in [-0.2, 0) is 14.8 Å². The first-order valence-electron chi connectivity index (χ1n) is 7.61. The van der Waals surface area contributed by atoms with Crippen LogP contribution in [0.15, 0.2) is 23.1 Å². The third kappa shape index (κ3) is 3.13. The molecule has 0 spiro atoms. The number of sulfonamides is 1. The molecule has 1 heterocycles. The van der Waals surface area contributed by atoms with E-state index in [0.717, 1.165) is 16.4 Å². The van der Waals surface area contributed by atoms with Crippen molar-refractivity contribution < 1.29 is 22.0 Å². The molecule has 1 aliphatic heterocycles. The number of hydrogen-bond donors (Lipinski definition) is 0. The lowest BCUT2D eigenvalue weighted by Crippen LogP contribution is -2.52. The molecule has 25 heavy (non-hydrogen) atoms. The van der Waals surface area contributed by atoms with Crippen molar-refractivity contribution in [2.24, 2.45) is 5.41 Å². The highest BCUT2D eigenvalue weighted by atomic mass is 35.5. The van der Waals surface area contributed by atoms with Crippen LogP contribution in [0.1, 0.15) is 13.3 Å². The van der Waals surface area contributed by atoms with Crippen molar-refractivity contribution in [3.63, 3.8) is 0 Å². The van der Waals surface area contributed by atoms with Gasteiger partial charge in [-0.2, -0.15) is 4.31 Å². The van der Waals surface area contributed by atoms with Gasteiger partial charge >= 0.3 is 0 Å². The minimum absolute atomic E-state index is 0.0563. The highest BCUT2D eigenvalue weighted by Crippen LogP contribution is 2.64. The lowest BCUT2D eigenvalue weighted by molar-refractivity contribution is -0.137. The van der Waals surface area contributed by atoms with E-state index in [0.29, 0.717) is 12.5 Å². The smallest absolute Gasteiger partial charge is 0.243 e. The van der Waals surface area contributed by atoms with Gasteiger partial charge in [-0.25, -0.2) is 17.2 Å². The van der Waals surface area contributed by atoms with Crippen LogP contribution in [0.5, 0.6) is 0 Å². The average Bonchev–Trinajstić information content (AvgIpc) is 3.08. The SMILES string of the molecule is C[C@]1(C(=O)N2CCN(S(=O)(=O)c3ccc(F)c(F)c3)CC2)CC1(Cl)Cl. The quantitative estimate of drug-likeness (QED) is 0.716. The fraction of sp³-hybridized carbons (Fsp3) is 0.533. The van der Waals surface area contributed by atoms with Crippen LogP contribution in [0.2, 0.25) is 0 Å². The minimum atomic E-state index is -3.96. The number of benzene rings is 1. The van der Waals surface area contributed by atoms with E-state index < -0.39 is 31.4 Å². The van der Waals surface area contributed by atoms with E-state index in [1.807, 2.05) is 0 Å². The maximum atomic E-state index is 13.3. The molecule has 2 aliphatic rings. The number of piperazine rings is 1. The van der Waals surface area contributed by atoms with Gasteiger partial charge < -0.3 is 4.90 Å². The largest absolute Gasteiger partial charge is 0.339 e. The van der Waals surface area contributed by atoms with E-state index in [-0.39, 0.29) is 37.0 Å². The molecular weight excluding hydrogens is 397 g/mol. The zero-order valence-corrected chi connectivity index (χ0v) is 15.6. The number of hydrogen-bond acceptors (Lipinski definition) is 3. The molecule has 0 radical (unpaired) electrons. The number of carbonyl (C=O) groups excluding carboxylic acids is 1. The van der Waals surface area contributed by atoms with Gasteiger partial charge in [0.2, 0.25) is 15.9 Å². The Bertz CT molecular complexity index is 826. The van der Waals surface area contributed by atoms with Crippen molar-refractivity contribution in [2.75, 3.05) is 26.2 Å². The van der Waals surface area contributed by atoms with Crippen molar-refractivity contribution in [3.8, 4) is 0 Å². The van der Waals surface area contributed by atoms with Crippen LogP contribution in [0.4, 0.5) is 8.78 Å². The highest BCUT2D eigenvalue weighted by Gasteiger charge is 2.68. The van der Waals surface area contributed by atoms with E-state index in [2.05, 4.69) is 0 Å². The Kier molecular flexibility index (Phi) is 4.55. The molecular formula is C15H16Cl2F2N2O3S. The summed E-state index contributed by atoms with van der Waals surface area (Å²) in [6.45, 7) is 2.16. The Morgan fingerprint density at radius 1 is 1.12 bits per heavy atom. The Labute approximate surface area is 154 Å². The summed E-state index contributed by atoms with van der Waals surface area (Å²) < 4.78 is 51.4. The second-order valence-corrected chi connectivity index (χ2v) is 9.91. The molecule has 10 heteroatoms. The summed E-state index contributed by atoms with van der Waals surface area (Å²) >= 11 is 12.0. The van der Waals surface area contributed by atoms with Gasteiger partial charge in [-0.3, -0.25) is 4.79 Å². The third-order valence-corrected chi connectivity index (χ3v) is 7.78. The van der Waals surface area contributed by atoms with Gasteiger partial charge in [-0.1, -0.05) is 0 Å². The van der Waals surface area contributed by atoms with Crippen molar-refractivity contribution in [1.29, 1.82) is 0 Å². The molecule has 5 nitrogen and oxygen atoms in total. The molecule has 1 aromatic carbocycles. The molecule has 1 saturated heterocycles. The van der Waals surface area contributed by atoms with Gasteiger partial charge in [-0.15, -0.1) is 23.2 Å². The normalized spacial score (nSPS) is 26.5. The first kappa shape index (κ1) is 18.8. The minimum Gasteiger partial charge on any atom is -0.339 e. The van der Waals surface area contributed by atoms with Crippen LogP contribution in [0.25, 0.3) is 0 Å². The second-order valence-electron chi connectivity index (χ2n) is 6.49. The Morgan fingerprint density at radius 3 is 2.16 bits per heavy atom. The Balaban J connectivity index is 1.69. The Morgan fingerprint density at radius 2 is 1.68 bits per heavy atom. The number of carbonyl (C=O) groups is 1. The molecule has 3 rings (SSSR count). The first-order valence-corrected chi connectivity index (χ1v) is 9.81. The molecule has 1 atom stereocenters. The van der Waals surface area contributed by atoms with Gasteiger partial charge in [0.05, 0.1) is 10.3 Å². The summed E-state index contributed by atoms with van der Waals surface area (Å²) in [5, 5.41) is 0. The third-order valence-electron chi connectivity index (χ3n) is 4.78. The number of alkyl halides is 2. The summed E-state index contributed by atoms with van der Waals surface area (Å²) in [6.07, 6.45) is 0.356. The molecule has 0 bridgehead atoms. The van der Waals surface area contributed by atoms with Crippen LogP contribution in [0.3, 0.4) is 0 Å². The molecule has 138 valence electrons. The maximum Gasteiger partial charge on any atom is 0.243 e. The summed E-state index contributed by atoms with van der Waals surface area (Å²) in [7, 11) is -3.96. The van der Waals surface area contributed by atoms with Crippen LogP contribution in [0, 0.1) is 17.0 Å². The molecule has 1 aromatic rings. The number of halogens is 4. The van der Waals surface area contributed by atoms with Crippen molar-refractivity contribution in [1.82, 2.24) is 9.21 Å². The van der Waals surface area contributed by atoms with Crippen LogP contribution >= 0.6 is 23.2 Å². The summed E-state index contributed by atoms with van der Waals surface area (Å²) in [6, 6.07) is 2.45. The molecule has 2 fully saturated rings. The summed E-state index contributed by atoms with van der Waals surface area (Å²) in [5.41, 5.74) is -0.850. The predicted octanol–water partition coefficient (Wildman–Crippen LogP) is 2.38. The fourth-order valence-electron chi connectivity index (χ4n) is 2.90. The lowest BCUT2D eigenvalue weighted by atomic mass is 10.1. The van der Waals surface area contributed by atoms with Gasteiger partial charge in [0.15, 0.2) is 11.6 Å². The van der Waals surface area contributed by atoms with Crippen LogP contribution in [-0.4, -0.2) is 54.0 Å². The van der Waals surface area contributed by atoms with E-state index in [1.165, 1.54) is 4.90 Å². The first-order chi connectivity index (χ1) is 11.5. The monoisotopic (exact) mass is 412 g/mol. The zero-order valence-electron chi connectivity index (χ0n) is 13.3. The highest BCUT2D eigenvalue weighted by molar-refractivity contribution is 7.89. The fourth-order valence-corrected chi connectivity index (χ4v) is 5.03. The molecule has 0 N–H and O–H groups in total. The zero-order chi connectivity index (χ0) is 18.6. The molecule has 0 unspecified atom stereocenters.